The highest BCUT2D eigenvalue weighted by molar-refractivity contribution is 7.80. The van der Waals surface area contributed by atoms with Crippen molar-refractivity contribution in [2.45, 2.75) is 6.54 Å². The molecule has 10 nitrogen and oxygen atoms in total. The zero-order valence-electron chi connectivity index (χ0n) is 24.2. The number of rotatable bonds is 5. The molecule has 0 atom stereocenters. The zero-order valence-corrected chi connectivity index (χ0v) is 25.1. The summed E-state index contributed by atoms with van der Waals surface area (Å²) in [7, 11) is 1.92. The van der Waals surface area contributed by atoms with Crippen LogP contribution in [0.1, 0.15) is 11.1 Å². The van der Waals surface area contributed by atoms with Gasteiger partial charge in [0.05, 0.1) is 26.4 Å². The second-order valence-electron chi connectivity index (χ2n) is 10.2. The lowest BCUT2D eigenvalue weighted by Gasteiger charge is -2.36. The number of hydrogen-bond acceptors (Lipinski definition) is 6. The van der Waals surface area contributed by atoms with Gasteiger partial charge in [-0.05, 0) is 29.9 Å². The van der Waals surface area contributed by atoms with Crippen LogP contribution in [0.25, 0.3) is 0 Å². The van der Waals surface area contributed by atoms with E-state index in [4.69, 9.17) is 26.8 Å². The van der Waals surface area contributed by atoms with Crippen molar-refractivity contribution in [2.24, 2.45) is 5.10 Å². The highest BCUT2D eigenvalue weighted by Gasteiger charge is 2.34. The van der Waals surface area contributed by atoms with Crippen molar-refractivity contribution in [3.05, 3.63) is 102 Å². The number of nitrogens with zero attached hydrogens (tertiary/aromatic N) is 6. The Morgan fingerprint density at radius 1 is 0.744 bits per heavy atom. The quantitative estimate of drug-likeness (QED) is 0.185. The lowest BCUT2D eigenvalue weighted by Crippen LogP contribution is -2.55. The predicted molar refractivity (Wildman–Crippen MR) is 170 cm³/mol. The summed E-state index contributed by atoms with van der Waals surface area (Å²) < 4.78 is 10.9. The molecular weight excluding hydrogens is 564 g/mol. The number of amidine groups is 1. The molecule has 4 amide bonds. The molecule has 5 rings (SSSR count). The largest absolute Gasteiger partial charge is 0.378 e. The minimum atomic E-state index is -0.509. The van der Waals surface area contributed by atoms with Crippen LogP contribution in [-0.2, 0) is 16.0 Å². The molecule has 43 heavy (non-hydrogen) atoms. The lowest BCUT2D eigenvalue weighted by atomic mass is 10.1. The van der Waals surface area contributed by atoms with Gasteiger partial charge >= 0.3 is 12.1 Å². The number of benzene rings is 3. The first-order valence-electron chi connectivity index (χ1n) is 14.3. The second-order valence-corrected chi connectivity index (χ2v) is 10.5. The van der Waals surface area contributed by atoms with Crippen molar-refractivity contribution in [1.29, 1.82) is 0 Å². The third-order valence-electron chi connectivity index (χ3n) is 7.16. The number of anilines is 1. The molecule has 2 saturated heterocycles. The Labute approximate surface area is 257 Å². The summed E-state index contributed by atoms with van der Waals surface area (Å²) in [6.45, 7) is 3.58. The van der Waals surface area contributed by atoms with Crippen LogP contribution < -0.4 is 4.90 Å². The molecule has 0 aliphatic carbocycles. The fourth-order valence-corrected chi connectivity index (χ4v) is 5.11. The average Bonchev–Trinajstić information content (AvgIpc) is 3.08. The molecule has 0 unspecified atom stereocenters. The number of hydrogen-bond donors (Lipinski definition) is 0. The van der Waals surface area contributed by atoms with Gasteiger partial charge in [0.1, 0.15) is 0 Å². The number of amides is 4. The molecule has 0 radical (unpaired) electrons. The van der Waals surface area contributed by atoms with Gasteiger partial charge < -0.3 is 24.2 Å². The van der Waals surface area contributed by atoms with Crippen molar-refractivity contribution >= 4 is 40.9 Å². The summed E-state index contributed by atoms with van der Waals surface area (Å²) in [6.07, 6.45) is 0. The number of morpholine rings is 2. The fraction of sp³-hybridized carbons (Fsp3) is 0.312. The number of hydrazone groups is 1. The summed E-state index contributed by atoms with van der Waals surface area (Å²) in [5.41, 5.74) is 2.52. The van der Waals surface area contributed by atoms with Crippen molar-refractivity contribution in [1.82, 2.24) is 19.7 Å². The maximum Gasteiger partial charge on any atom is 0.349 e. The Morgan fingerprint density at radius 2 is 1.21 bits per heavy atom. The van der Waals surface area contributed by atoms with Crippen LogP contribution in [0.5, 0.6) is 0 Å². The maximum absolute atomic E-state index is 14.0. The van der Waals surface area contributed by atoms with Crippen LogP contribution in [0.15, 0.2) is 96.1 Å². The summed E-state index contributed by atoms with van der Waals surface area (Å²) in [6, 6.07) is 28.1. The van der Waals surface area contributed by atoms with E-state index in [1.807, 2.05) is 108 Å². The Hall–Kier alpha value is -4.32. The van der Waals surface area contributed by atoms with Crippen molar-refractivity contribution in [3.8, 4) is 0 Å². The van der Waals surface area contributed by atoms with Gasteiger partial charge in [-0.3, -0.25) is 4.90 Å². The van der Waals surface area contributed by atoms with Crippen LogP contribution in [0, 0.1) is 0 Å². The highest BCUT2D eigenvalue weighted by atomic mass is 32.1. The van der Waals surface area contributed by atoms with E-state index in [9.17, 15) is 9.59 Å². The molecule has 11 heteroatoms. The molecule has 224 valence electrons. The van der Waals surface area contributed by atoms with Gasteiger partial charge in [-0.1, -0.05) is 78.9 Å². The number of para-hydroxylation sites is 1. The van der Waals surface area contributed by atoms with Gasteiger partial charge in [-0.15, -0.1) is 10.1 Å². The van der Waals surface area contributed by atoms with E-state index in [0.717, 1.165) is 16.3 Å². The van der Waals surface area contributed by atoms with Gasteiger partial charge in [0, 0.05) is 51.0 Å². The molecule has 0 aromatic heterocycles. The normalized spacial score (nSPS) is 15.5. The van der Waals surface area contributed by atoms with E-state index in [0.29, 0.717) is 75.7 Å². The monoisotopic (exact) mass is 600 g/mol. The predicted octanol–water partition coefficient (Wildman–Crippen LogP) is 4.48. The van der Waals surface area contributed by atoms with E-state index < -0.39 is 12.1 Å². The molecule has 0 saturated carbocycles. The molecule has 0 bridgehead atoms. The number of ether oxygens (including phenoxy) is 2. The molecule has 2 fully saturated rings. The van der Waals surface area contributed by atoms with Crippen LogP contribution in [0.4, 0.5) is 15.3 Å². The van der Waals surface area contributed by atoms with Crippen LogP contribution in [0.2, 0.25) is 0 Å². The molecule has 2 heterocycles. The SMILES string of the molecule is CN(Cc1ccccc1)C(=S)N(/C(=N/N(C(=O)N1CCOCC1)C(=O)N1CCOCC1)c1ccccc1)c1ccccc1. The van der Waals surface area contributed by atoms with E-state index in [-0.39, 0.29) is 0 Å². The summed E-state index contributed by atoms with van der Waals surface area (Å²) in [5.74, 6) is 0.347. The van der Waals surface area contributed by atoms with Crippen LogP contribution in [-0.4, -0.2) is 102 Å². The Morgan fingerprint density at radius 3 is 1.72 bits per heavy atom. The fourth-order valence-electron chi connectivity index (χ4n) is 4.85. The van der Waals surface area contributed by atoms with E-state index >= 15 is 0 Å². The Balaban J connectivity index is 1.61. The van der Waals surface area contributed by atoms with Gasteiger partial charge in [0.15, 0.2) is 10.9 Å². The van der Waals surface area contributed by atoms with Crippen molar-refractivity contribution in [3.63, 3.8) is 0 Å². The molecule has 0 spiro atoms. The van der Waals surface area contributed by atoms with E-state index in [1.54, 1.807) is 9.80 Å². The number of carbonyl (C=O) groups excluding carboxylic acids is 2. The molecule has 3 aromatic rings. The first-order valence-corrected chi connectivity index (χ1v) is 14.8. The third kappa shape index (κ3) is 7.56. The van der Waals surface area contributed by atoms with Crippen molar-refractivity contribution in [2.75, 3.05) is 64.6 Å². The summed E-state index contributed by atoms with van der Waals surface area (Å²) >= 11 is 6.12. The van der Waals surface area contributed by atoms with Crippen LogP contribution in [0.3, 0.4) is 0 Å². The maximum atomic E-state index is 14.0. The molecule has 0 N–H and O–H groups in total. The van der Waals surface area contributed by atoms with Crippen LogP contribution >= 0.6 is 12.2 Å². The lowest BCUT2D eigenvalue weighted by molar-refractivity contribution is 0.0334. The minimum Gasteiger partial charge on any atom is -0.378 e. The molecule has 3 aromatic carbocycles. The standard InChI is InChI=1S/C32H36N6O4S/c1-34(25-26-11-5-2-6-12-26)32(43)37(28-15-9-4-10-16-28)29(27-13-7-3-8-14-27)33-38(30(39)35-17-21-41-22-18-35)31(40)36-19-23-42-24-20-36/h2-16H,17-25H2,1H3/b33-29+. The van der Waals surface area contributed by atoms with Gasteiger partial charge in [-0.25, -0.2) is 9.59 Å². The average molecular weight is 601 g/mol. The Kier molecular flexibility index (Phi) is 10.3. The summed E-state index contributed by atoms with van der Waals surface area (Å²) in [5, 5.41) is 6.32. The van der Waals surface area contributed by atoms with Gasteiger partial charge in [0.2, 0.25) is 0 Å². The Bertz CT molecular complexity index is 1370. The van der Waals surface area contributed by atoms with Gasteiger partial charge in [-0.2, -0.15) is 0 Å². The first-order chi connectivity index (χ1) is 21.0. The van der Waals surface area contributed by atoms with Crippen molar-refractivity contribution < 1.29 is 19.1 Å². The molecular formula is C32H36N6O4S. The zero-order chi connectivity index (χ0) is 30.0. The van der Waals surface area contributed by atoms with E-state index in [1.165, 1.54) is 0 Å². The van der Waals surface area contributed by atoms with Gasteiger partial charge in [0.25, 0.3) is 0 Å². The number of thiocarbonyl (C=S) groups is 1. The smallest absolute Gasteiger partial charge is 0.349 e. The summed E-state index contributed by atoms with van der Waals surface area (Å²) in [4.78, 5) is 35.0. The first kappa shape index (κ1) is 30.1. The highest BCUT2D eigenvalue weighted by Crippen LogP contribution is 2.22. The number of urea groups is 2. The molecule has 2 aliphatic rings. The number of carbonyl (C=O) groups is 2. The number of imide groups is 1. The topological polar surface area (TPSA) is 81.2 Å². The third-order valence-corrected chi connectivity index (χ3v) is 7.65. The second kappa shape index (κ2) is 14.7. The molecule has 2 aliphatic heterocycles. The van der Waals surface area contributed by atoms with E-state index in [2.05, 4.69) is 0 Å². The minimum absolute atomic E-state index is 0.347.